The van der Waals surface area contributed by atoms with E-state index in [-0.39, 0.29) is 51.5 Å². The topological polar surface area (TPSA) is 96.3 Å². The Morgan fingerprint density at radius 1 is 0.712 bits per heavy atom. The number of phenols is 2. The van der Waals surface area contributed by atoms with Crippen molar-refractivity contribution in [1.82, 2.24) is 4.90 Å². The number of phenolic OH excluding ortho intramolecular Hbond substituents is 2. The molecule has 2 unspecified atom stereocenters. The van der Waals surface area contributed by atoms with Gasteiger partial charge in [-0.05, 0) is 103 Å². The molecule has 0 radical (unpaired) electrons. The van der Waals surface area contributed by atoms with Crippen LogP contribution in [-0.2, 0) is 46.4 Å². The van der Waals surface area contributed by atoms with Crippen molar-refractivity contribution in [2.24, 2.45) is 0 Å². The molecule has 0 aliphatic carbocycles. The Hall–Kier alpha value is -3.06. The molecule has 2 N–H and O–H groups in total. The Labute approximate surface area is 315 Å². The molecule has 1 aliphatic rings. The first kappa shape index (κ1) is 43.3. The number of hydrogen-bond donors (Lipinski definition) is 2. The number of benzene rings is 2. The number of esters is 2. The van der Waals surface area contributed by atoms with Gasteiger partial charge in [-0.25, -0.2) is 0 Å². The van der Waals surface area contributed by atoms with Crippen LogP contribution in [0.2, 0.25) is 0 Å². The van der Waals surface area contributed by atoms with Gasteiger partial charge >= 0.3 is 11.9 Å². The first-order valence-corrected chi connectivity index (χ1v) is 19.2. The normalized spacial score (nSPS) is 19.1. The lowest BCUT2D eigenvalue weighted by molar-refractivity contribution is -0.243. The number of nitrogens with zero attached hydrogens (tertiary/aromatic N) is 1. The number of piperidine rings is 1. The molecule has 0 saturated carbocycles. The second-order valence-corrected chi connectivity index (χ2v) is 20.8. The molecule has 292 valence electrons. The van der Waals surface area contributed by atoms with Gasteiger partial charge in [-0.2, -0.15) is 0 Å². The molecule has 3 rings (SSSR count). The highest BCUT2D eigenvalue weighted by Crippen LogP contribution is 2.51. The van der Waals surface area contributed by atoms with Crippen LogP contribution in [-0.4, -0.2) is 44.2 Å². The van der Waals surface area contributed by atoms with Crippen LogP contribution in [0.1, 0.15) is 190 Å². The molecule has 7 heteroatoms. The maximum Gasteiger partial charge on any atom is 0.313 e. The van der Waals surface area contributed by atoms with Gasteiger partial charge in [0, 0.05) is 35.9 Å². The summed E-state index contributed by atoms with van der Waals surface area (Å²) in [5, 5.41) is 22.9. The average molecular weight is 722 g/mol. The first-order valence-electron chi connectivity index (χ1n) is 19.2. The summed E-state index contributed by atoms with van der Waals surface area (Å²) in [6.07, 6.45) is 0.851. The molecule has 7 nitrogen and oxygen atoms in total. The third kappa shape index (κ3) is 8.83. The molecule has 0 bridgehead atoms. The van der Waals surface area contributed by atoms with E-state index in [9.17, 15) is 19.8 Å². The van der Waals surface area contributed by atoms with E-state index in [1.807, 2.05) is 38.1 Å². The lowest BCUT2D eigenvalue weighted by Gasteiger charge is -2.61. The fourth-order valence-corrected chi connectivity index (χ4v) is 8.45. The fourth-order valence-electron chi connectivity index (χ4n) is 8.45. The highest BCUT2D eigenvalue weighted by atomic mass is 16.6. The van der Waals surface area contributed by atoms with Gasteiger partial charge in [0.05, 0.1) is 5.92 Å². The second kappa shape index (κ2) is 14.0. The van der Waals surface area contributed by atoms with Crippen molar-refractivity contribution in [3.05, 3.63) is 57.6 Å². The first-order chi connectivity index (χ1) is 23.2. The zero-order chi connectivity index (χ0) is 40.4. The summed E-state index contributed by atoms with van der Waals surface area (Å²) in [4.78, 5) is 29.6. The average Bonchev–Trinajstić information content (AvgIpc) is 2.92. The van der Waals surface area contributed by atoms with Crippen molar-refractivity contribution in [3.63, 3.8) is 0 Å². The van der Waals surface area contributed by atoms with E-state index in [2.05, 4.69) is 116 Å². The monoisotopic (exact) mass is 722 g/mol. The summed E-state index contributed by atoms with van der Waals surface area (Å²) < 4.78 is 12.9. The van der Waals surface area contributed by atoms with Crippen LogP contribution < -0.4 is 0 Å². The zero-order valence-electron chi connectivity index (χ0n) is 36.1. The van der Waals surface area contributed by atoms with Crippen LogP contribution in [0.4, 0.5) is 0 Å². The SMILES string of the molecule is CCC(=O)OC(C)(c1cc(C(C)(C)C)c(O)c(C(C)(C)C)c1)N1C(C)(C)CC(OC(=O)C(C)c2cc(C(C)(C)C)c(O)c(C(C)(C)C)c2)CC1(C)C. The van der Waals surface area contributed by atoms with Gasteiger partial charge in [-0.15, -0.1) is 0 Å². The molecule has 52 heavy (non-hydrogen) atoms. The van der Waals surface area contributed by atoms with Gasteiger partial charge in [-0.1, -0.05) is 102 Å². The van der Waals surface area contributed by atoms with Crippen LogP contribution in [0.3, 0.4) is 0 Å². The summed E-state index contributed by atoms with van der Waals surface area (Å²) in [5.74, 6) is -0.628. The van der Waals surface area contributed by atoms with Crippen LogP contribution in [0.5, 0.6) is 11.5 Å². The van der Waals surface area contributed by atoms with E-state index >= 15 is 0 Å². The van der Waals surface area contributed by atoms with E-state index in [0.717, 1.165) is 33.4 Å². The molecular formula is C45H71NO6. The highest BCUT2D eigenvalue weighted by molar-refractivity contribution is 5.78. The minimum Gasteiger partial charge on any atom is -0.507 e. The summed E-state index contributed by atoms with van der Waals surface area (Å²) in [7, 11) is 0. The molecule has 1 fully saturated rings. The second-order valence-electron chi connectivity index (χ2n) is 20.8. The zero-order valence-corrected chi connectivity index (χ0v) is 36.1. The third-order valence-electron chi connectivity index (χ3n) is 10.8. The standard InChI is InChI=1S/C45H71NO6/c1-20-35(47)52-45(19,29-23-33(41(9,10)11)37(49)34(24-29)42(12,13)14)46-43(15,16)25-30(26-44(46,17)18)51-38(50)27(2)28-21-31(39(3,4)5)36(48)32(22-28)40(6,7)8/h21-24,27,30,48-49H,20,25-26H2,1-19H3. The van der Waals surface area contributed by atoms with Crippen molar-refractivity contribution < 1.29 is 29.3 Å². The van der Waals surface area contributed by atoms with Gasteiger partial charge < -0.3 is 19.7 Å². The molecule has 2 aromatic rings. The summed E-state index contributed by atoms with van der Waals surface area (Å²) in [6.45, 7) is 39.0. The number of likely N-dealkylation sites (tertiary alicyclic amines) is 1. The third-order valence-corrected chi connectivity index (χ3v) is 10.8. The minimum absolute atomic E-state index is 0.212. The Balaban J connectivity index is 2.12. The van der Waals surface area contributed by atoms with E-state index < -0.39 is 28.8 Å². The molecule has 0 spiro atoms. The molecule has 2 atom stereocenters. The number of carbonyl (C=O) groups excluding carboxylic acids is 2. The van der Waals surface area contributed by atoms with Crippen molar-refractivity contribution in [2.45, 2.75) is 201 Å². The van der Waals surface area contributed by atoms with Crippen molar-refractivity contribution in [3.8, 4) is 11.5 Å². The number of aromatic hydroxyl groups is 2. The largest absolute Gasteiger partial charge is 0.507 e. The Kier molecular flexibility index (Phi) is 11.6. The van der Waals surface area contributed by atoms with Crippen molar-refractivity contribution >= 4 is 11.9 Å². The predicted molar refractivity (Wildman–Crippen MR) is 212 cm³/mol. The van der Waals surface area contributed by atoms with Gasteiger partial charge in [0.1, 0.15) is 17.6 Å². The summed E-state index contributed by atoms with van der Waals surface area (Å²) in [5.41, 5.74) is 1.01. The van der Waals surface area contributed by atoms with Crippen molar-refractivity contribution in [1.29, 1.82) is 0 Å². The maximum absolute atomic E-state index is 14.0. The van der Waals surface area contributed by atoms with Gasteiger partial charge in [0.2, 0.25) is 0 Å². The predicted octanol–water partition coefficient (Wildman–Crippen LogP) is 10.8. The number of hydrogen-bond acceptors (Lipinski definition) is 7. The minimum atomic E-state index is -1.21. The van der Waals surface area contributed by atoms with Gasteiger partial charge in [0.15, 0.2) is 5.72 Å². The molecule has 1 aliphatic heterocycles. The molecule has 0 amide bonds. The van der Waals surface area contributed by atoms with Crippen LogP contribution in [0, 0.1) is 0 Å². The fraction of sp³-hybridized carbons (Fsp3) is 0.689. The smallest absolute Gasteiger partial charge is 0.313 e. The van der Waals surface area contributed by atoms with Gasteiger partial charge in [-0.3, -0.25) is 14.5 Å². The summed E-state index contributed by atoms with van der Waals surface area (Å²) in [6, 6.07) is 7.91. The maximum atomic E-state index is 14.0. The van der Waals surface area contributed by atoms with Crippen LogP contribution >= 0.6 is 0 Å². The lowest BCUT2D eigenvalue weighted by atomic mass is 9.73. The Morgan fingerprint density at radius 2 is 1.06 bits per heavy atom. The molecular weight excluding hydrogens is 650 g/mol. The molecule has 1 heterocycles. The Morgan fingerprint density at radius 3 is 1.38 bits per heavy atom. The van der Waals surface area contributed by atoms with Crippen molar-refractivity contribution in [2.75, 3.05) is 0 Å². The van der Waals surface area contributed by atoms with E-state index in [1.165, 1.54) is 0 Å². The molecule has 2 aromatic carbocycles. The number of carbonyl (C=O) groups is 2. The van der Waals surface area contributed by atoms with E-state index in [0.29, 0.717) is 12.8 Å². The van der Waals surface area contributed by atoms with Crippen LogP contribution in [0.15, 0.2) is 24.3 Å². The van der Waals surface area contributed by atoms with Crippen LogP contribution in [0.25, 0.3) is 0 Å². The van der Waals surface area contributed by atoms with E-state index in [4.69, 9.17) is 9.47 Å². The lowest BCUT2D eigenvalue weighted by Crippen LogP contribution is -2.69. The number of ether oxygens (including phenoxy) is 2. The summed E-state index contributed by atoms with van der Waals surface area (Å²) >= 11 is 0. The molecule has 1 saturated heterocycles. The van der Waals surface area contributed by atoms with Gasteiger partial charge in [0.25, 0.3) is 0 Å². The quantitative estimate of drug-likeness (QED) is 0.275. The highest BCUT2D eigenvalue weighted by Gasteiger charge is 2.56. The van der Waals surface area contributed by atoms with E-state index in [1.54, 1.807) is 6.92 Å². The Bertz CT molecular complexity index is 1570. The molecule has 0 aromatic heterocycles. The number of rotatable bonds is 7.